The van der Waals surface area contributed by atoms with Crippen molar-refractivity contribution in [3.8, 4) is 0 Å². The lowest BCUT2D eigenvalue weighted by molar-refractivity contribution is -0.122. The van der Waals surface area contributed by atoms with Crippen molar-refractivity contribution < 1.29 is 4.79 Å². The van der Waals surface area contributed by atoms with Gasteiger partial charge in [-0.05, 0) is 19.8 Å². The minimum absolute atomic E-state index is 0.0780. The van der Waals surface area contributed by atoms with E-state index in [2.05, 4.69) is 4.98 Å². The number of hydrogen-bond donors (Lipinski definition) is 1. The molecule has 0 amide bonds. The number of nitrogens with two attached hydrogens (primary N) is 1. The fraction of sp³-hybridized carbons (Fsp3) is 0.636. The van der Waals surface area contributed by atoms with Crippen LogP contribution in [0, 0.1) is 12.8 Å². The first-order valence-electron chi connectivity index (χ1n) is 5.36. The SMILES string of the molecule is Cc1csc(CC(=O)C2CCCC2N)n1. The predicted molar refractivity (Wildman–Crippen MR) is 60.9 cm³/mol. The normalized spacial score (nSPS) is 25.7. The maximum Gasteiger partial charge on any atom is 0.144 e. The molecule has 15 heavy (non-hydrogen) atoms. The third-order valence-corrected chi connectivity index (χ3v) is 3.94. The number of ketones is 1. The van der Waals surface area contributed by atoms with Gasteiger partial charge in [0.05, 0.1) is 6.42 Å². The van der Waals surface area contributed by atoms with Crippen LogP contribution in [0.2, 0.25) is 0 Å². The Balaban J connectivity index is 1.97. The molecule has 0 bridgehead atoms. The molecule has 1 saturated carbocycles. The lowest BCUT2D eigenvalue weighted by atomic mass is 9.97. The van der Waals surface area contributed by atoms with Crippen LogP contribution < -0.4 is 5.73 Å². The Labute approximate surface area is 93.7 Å². The van der Waals surface area contributed by atoms with Crippen molar-refractivity contribution >= 4 is 17.1 Å². The summed E-state index contributed by atoms with van der Waals surface area (Å²) in [6.45, 7) is 1.95. The number of nitrogens with zero attached hydrogens (tertiary/aromatic N) is 1. The molecule has 2 rings (SSSR count). The molecule has 0 spiro atoms. The number of Topliss-reactive ketones (excluding diaryl/α,β-unsaturated/α-hetero) is 1. The van der Waals surface area contributed by atoms with Gasteiger partial charge in [-0.2, -0.15) is 0 Å². The summed E-state index contributed by atoms with van der Waals surface area (Å²) in [4.78, 5) is 16.2. The van der Waals surface area contributed by atoms with Gasteiger partial charge in [0, 0.05) is 23.0 Å². The van der Waals surface area contributed by atoms with Crippen LogP contribution in [-0.2, 0) is 11.2 Å². The van der Waals surface area contributed by atoms with Crippen molar-refractivity contribution in [2.24, 2.45) is 11.7 Å². The van der Waals surface area contributed by atoms with Gasteiger partial charge in [-0.3, -0.25) is 4.79 Å². The molecule has 1 aromatic heterocycles. The van der Waals surface area contributed by atoms with Crippen LogP contribution in [-0.4, -0.2) is 16.8 Å². The van der Waals surface area contributed by atoms with Gasteiger partial charge in [0.1, 0.15) is 10.8 Å². The number of aryl methyl sites for hydroxylation is 1. The Morgan fingerprint density at radius 3 is 3.00 bits per heavy atom. The van der Waals surface area contributed by atoms with Gasteiger partial charge in [-0.25, -0.2) is 4.98 Å². The molecule has 0 aromatic carbocycles. The molecule has 0 saturated heterocycles. The Bertz CT molecular complexity index is 361. The summed E-state index contributed by atoms with van der Waals surface area (Å²) >= 11 is 1.57. The highest BCUT2D eigenvalue weighted by atomic mass is 32.1. The number of aromatic nitrogens is 1. The van der Waals surface area contributed by atoms with Crippen molar-refractivity contribution in [3.63, 3.8) is 0 Å². The number of rotatable bonds is 3. The number of carbonyl (C=O) groups excluding carboxylic acids is 1. The number of thiazole rings is 1. The van der Waals surface area contributed by atoms with E-state index in [1.54, 1.807) is 11.3 Å². The third kappa shape index (κ3) is 2.44. The molecule has 1 aliphatic rings. The highest BCUT2D eigenvalue weighted by Gasteiger charge is 2.30. The van der Waals surface area contributed by atoms with Crippen LogP contribution in [0.25, 0.3) is 0 Å². The molecule has 2 atom stereocenters. The van der Waals surface area contributed by atoms with Crippen molar-refractivity contribution in [3.05, 3.63) is 16.1 Å². The number of hydrogen-bond acceptors (Lipinski definition) is 4. The summed E-state index contributed by atoms with van der Waals surface area (Å²) in [7, 11) is 0. The van der Waals surface area contributed by atoms with E-state index in [0.717, 1.165) is 30.0 Å². The van der Waals surface area contributed by atoms with E-state index in [-0.39, 0.29) is 17.7 Å². The highest BCUT2D eigenvalue weighted by molar-refractivity contribution is 7.09. The fourth-order valence-electron chi connectivity index (χ4n) is 2.15. The molecule has 1 heterocycles. The van der Waals surface area contributed by atoms with Gasteiger partial charge in [-0.1, -0.05) is 6.42 Å². The maximum atomic E-state index is 11.9. The van der Waals surface area contributed by atoms with Gasteiger partial charge in [0.25, 0.3) is 0 Å². The average Bonchev–Trinajstić information content (AvgIpc) is 2.75. The van der Waals surface area contributed by atoms with Gasteiger partial charge >= 0.3 is 0 Å². The Hall–Kier alpha value is -0.740. The average molecular weight is 224 g/mol. The zero-order valence-electron chi connectivity index (χ0n) is 8.90. The molecule has 0 aliphatic heterocycles. The van der Waals surface area contributed by atoms with E-state index < -0.39 is 0 Å². The van der Waals surface area contributed by atoms with E-state index in [0.29, 0.717) is 6.42 Å². The van der Waals surface area contributed by atoms with Crippen LogP contribution >= 0.6 is 11.3 Å². The van der Waals surface area contributed by atoms with Crippen molar-refractivity contribution in [2.45, 2.75) is 38.6 Å². The Kier molecular flexibility index (Phi) is 3.17. The Morgan fingerprint density at radius 2 is 2.47 bits per heavy atom. The molecule has 3 nitrogen and oxygen atoms in total. The summed E-state index contributed by atoms with van der Waals surface area (Å²) in [5.74, 6) is 0.351. The summed E-state index contributed by atoms with van der Waals surface area (Å²) in [6.07, 6.45) is 3.52. The second kappa shape index (κ2) is 4.41. The third-order valence-electron chi connectivity index (χ3n) is 2.98. The zero-order valence-corrected chi connectivity index (χ0v) is 9.72. The molecule has 1 aliphatic carbocycles. The minimum Gasteiger partial charge on any atom is -0.327 e. The lowest BCUT2D eigenvalue weighted by Gasteiger charge is -2.12. The molecule has 2 unspecified atom stereocenters. The van der Waals surface area contributed by atoms with Crippen molar-refractivity contribution in [2.75, 3.05) is 0 Å². The molecule has 82 valence electrons. The van der Waals surface area contributed by atoms with Gasteiger partial charge < -0.3 is 5.73 Å². The van der Waals surface area contributed by atoms with Crippen molar-refractivity contribution in [1.29, 1.82) is 0 Å². The number of carbonyl (C=O) groups is 1. The van der Waals surface area contributed by atoms with Crippen LogP contribution in [0.5, 0.6) is 0 Å². The van der Waals surface area contributed by atoms with Crippen LogP contribution in [0.4, 0.5) is 0 Å². The van der Waals surface area contributed by atoms with Gasteiger partial charge in [0.15, 0.2) is 0 Å². The summed E-state index contributed by atoms with van der Waals surface area (Å²) in [5, 5.41) is 2.91. The maximum absolute atomic E-state index is 11.9. The van der Waals surface area contributed by atoms with Crippen LogP contribution in [0.3, 0.4) is 0 Å². The van der Waals surface area contributed by atoms with E-state index in [1.807, 2.05) is 12.3 Å². The van der Waals surface area contributed by atoms with E-state index in [1.165, 1.54) is 0 Å². The standard InChI is InChI=1S/C11H16N2OS/c1-7-6-15-11(13-7)5-10(14)8-3-2-4-9(8)12/h6,8-9H,2-5,12H2,1H3. The summed E-state index contributed by atoms with van der Waals surface area (Å²) in [6, 6.07) is 0.0820. The summed E-state index contributed by atoms with van der Waals surface area (Å²) in [5.41, 5.74) is 6.90. The van der Waals surface area contributed by atoms with Crippen LogP contribution in [0.1, 0.15) is 30.0 Å². The van der Waals surface area contributed by atoms with E-state index in [4.69, 9.17) is 5.73 Å². The molecule has 4 heteroatoms. The van der Waals surface area contributed by atoms with Gasteiger partial charge in [-0.15, -0.1) is 11.3 Å². The molecule has 1 aromatic rings. The first-order chi connectivity index (χ1) is 7.16. The van der Waals surface area contributed by atoms with Gasteiger partial charge in [0.2, 0.25) is 0 Å². The fourth-order valence-corrected chi connectivity index (χ4v) is 2.93. The zero-order chi connectivity index (χ0) is 10.8. The molecule has 0 radical (unpaired) electrons. The molecular formula is C11H16N2OS. The second-order valence-corrected chi connectivity index (χ2v) is 5.17. The molecular weight excluding hydrogens is 208 g/mol. The Morgan fingerprint density at radius 1 is 1.67 bits per heavy atom. The van der Waals surface area contributed by atoms with E-state index >= 15 is 0 Å². The quantitative estimate of drug-likeness (QED) is 0.850. The predicted octanol–water partition coefficient (Wildman–Crippen LogP) is 1.69. The largest absolute Gasteiger partial charge is 0.327 e. The topological polar surface area (TPSA) is 56.0 Å². The highest BCUT2D eigenvalue weighted by Crippen LogP contribution is 2.26. The molecule has 1 fully saturated rings. The van der Waals surface area contributed by atoms with Crippen molar-refractivity contribution in [1.82, 2.24) is 4.98 Å². The summed E-state index contributed by atoms with van der Waals surface area (Å²) < 4.78 is 0. The first-order valence-corrected chi connectivity index (χ1v) is 6.24. The van der Waals surface area contributed by atoms with E-state index in [9.17, 15) is 4.79 Å². The second-order valence-electron chi connectivity index (χ2n) is 4.23. The first kappa shape index (κ1) is 10.8. The molecule has 2 N–H and O–H groups in total. The monoisotopic (exact) mass is 224 g/mol. The minimum atomic E-state index is 0.0780. The lowest BCUT2D eigenvalue weighted by Crippen LogP contribution is -2.31. The smallest absolute Gasteiger partial charge is 0.144 e. The van der Waals surface area contributed by atoms with Crippen LogP contribution in [0.15, 0.2) is 5.38 Å².